The molecule has 1 amide bonds. The summed E-state index contributed by atoms with van der Waals surface area (Å²) < 4.78 is 12.3. The Morgan fingerprint density at radius 3 is 1.89 bits per heavy atom. The maximum absolute atomic E-state index is 12.1. The smallest absolute Gasteiger partial charge is 0.305 e. The summed E-state index contributed by atoms with van der Waals surface area (Å²) in [6, 6.07) is 14.9. The van der Waals surface area contributed by atoms with E-state index in [1.807, 2.05) is 24.3 Å². The van der Waals surface area contributed by atoms with Gasteiger partial charge in [-0.25, -0.2) is 0 Å². The number of nitrogens with one attached hydrogen (secondary N) is 1. The van der Waals surface area contributed by atoms with Crippen molar-refractivity contribution in [1.29, 1.82) is 0 Å². The zero-order valence-corrected chi connectivity index (χ0v) is 22.6. The second kappa shape index (κ2) is 12.4. The first kappa shape index (κ1) is 27.8. The summed E-state index contributed by atoms with van der Waals surface area (Å²) in [5, 5.41) is 11.3. The molecule has 0 aromatic heterocycles. The molecule has 37 heavy (non-hydrogen) atoms. The highest BCUT2D eigenvalue weighted by molar-refractivity contribution is 5.94. The Bertz CT molecular complexity index is 1220. The van der Waals surface area contributed by atoms with E-state index in [1.54, 1.807) is 24.3 Å². The number of carboxylic acids is 1. The molecule has 1 unspecified atom stereocenters. The molecule has 0 spiro atoms. The number of carboxylic acid groups (broad SMARTS) is 1. The van der Waals surface area contributed by atoms with Crippen LogP contribution in [0.15, 0.2) is 48.5 Å². The van der Waals surface area contributed by atoms with Crippen molar-refractivity contribution in [2.75, 3.05) is 6.54 Å². The van der Waals surface area contributed by atoms with Gasteiger partial charge in [0.25, 0.3) is 5.91 Å². The number of hydrogen-bond donors (Lipinski definition) is 2. The molecular weight excluding hydrogens is 466 g/mol. The number of rotatable bonds is 11. The number of ether oxygens (including phenoxy) is 2. The third-order valence-electron chi connectivity index (χ3n) is 7.18. The molecule has 0 bridgehead atoms. The molecule has 0 aliphatic heterocycles. The van der Waals surface area contributed by atoms with Gasteiger partial charge in [-0.15, -0.1) is 0 Å². The van der Waals surface area contributed by atoms with E-state index < -0.39 is 5.97 Å². The molecular formula is C31H37NO5. The number of benzene rings is 3. The summed E-state index contributed by atoms with van der Waals surface area (Å²) in [7, 11) is 0. The Morgan fingerprint density at radius 2 is 1.35 bits per heavy atom. The third-order valence-corrected chi connectivity index (χ3v) is 7.18. The van der Waals surface area contributed by atoms with Gasteiger partial charge in [-0.3, -0.25) is 9.59 Å². The number of carbonyl (C=O) groups excluding carboxylic acids is 1. The molecule has 2 N–H and O–H groups in total. The van der Waals surface area contributed by atoms with Crippen molar-refractivity contribution in [2.45, 2.75) is 67.1 Å². The van der Waals surface area contributed by atoms with Crippen molar-refractivity contribution in [3.05, 3.63) is 93.0 Å². The first-order valence-electron chi connectivity index (χ1n) is 12.7. The van der Waals surface area contributed by atoms with Gasteiger partial charge >= 0.3 is 5.97 Å². The van der Waals surface area contributed by atoms with Crippen LogP contribution in [0.25, 0.3) is 0 Å². The maximum atomic E-state index is 12.1. The van der Waals surface area contributed by atoms with E-state index in [0.717, 1.165) is 17.7 Å². The highest BCUT2D eigenvalue weighted by Crippen LogP contribution is 2.29. The van der Waals surface area contributed by atoms with Crippen molar-refractivity contribution in [1.82, 2.24) is 5.32 Å². The SMILES string of the molecule is CCC(Oc1ccc(C(=O)NCCC(=O)O)cc1)c1ccc(OCc2c(C)c(C)c(C)c(C)c2C)cc1. The standard InChI is InChI=1S/C31H37NO5/c1-7-29(37-27-14-10-25(11-15-27)31(35)32-17-16-30(33)34)24-8-12-26(13-9-24)36-18-28-22(5)20(3)19(2)21(4)23(28)6/h8-15,29H,7,16-18H2,1-6H3,(H,32,35)(H,33,34). The molecule has 6 nitrogen and oxygen atoms in total. The molecule has 3 rings (SSSR count). The maximum Gasteiger partial charge on any atom is 0.305 e. The van der Waals surface area contributed by atoms with Gasteiger partial charge in [0.05, 0.1) is 6.42 Å². The zero-order valence-electron chi connectivity index (χ0n) is 22.6. The van der Waals surface area contributed by atoms with Crippen LogP contribution >= 0.6 is 0 Å². The number of aliphatic carboxylic acids is 1. The highest BCUT2D eigenvalue weighted by Gasteiger charge is 2.15. The first-order chi connectivity index (χ1) is 17.6. The molecule has 0 aliphatic rings. The topological polar surface area (TPSA) is 84.9 Å². The van der Waals surface area contributed by atoms with Crippen molar-refractivity contribution in [2.24, 2.45) is 0 Å². The molecule has 1 atom stereocenters. The monoisotopic (exact) mass is 503 g/mol. The summed E-state index contributed by atoms with van der Waals surface area (Å²) in [5.74, 6) is 0.213. The Labute approximate surface area is 219 Å². The molecule has 0 saturated carbocycles. The lowest BCUT2D eigenvalue weighted by atomic mass is 9.90. The predicted octanol–water partition coefficient (Wildman–Crippen LogP) is 6.54. The van der Waals surface area contributed by atoms with Crippen LogP contribution in [-0.2, 0) is 11.4 Å². The van der Waals surface area contributed by atoms with E-state index in [1.165, 1.54) is 33.4 Å². The molecule has 6 heteroatoms. The van der Waals surface area contributed by atoms with Gasteiger partial charge < -0.3 is 19.9 Å². The lowest BCUT2D eigenvalue weighted by molar-refractivity contribution is -0.136. The van der Waals surface area contributed by atoms with Crippen LogP contribution in [0.5, 0.6) is 11.5 Å². The molecule has 3 aromatic carbocycles. The fraction of sp³-hybridized carbons (Fsp3) is 0.355. The number of carbonyl (C=O) groups is 2. The minimum atomic E-state index is -0.948. The third kappa shape index (κ3) is 6.91. The summed E-state index contributed by atoms with van der Waals surface area (Å²) in [6.07, 6.45) is 0.522. The van der Waals surface area contributed by atoms with Gasteiger partial charge in [0.2, 0.25) is 0 Å². The number of hydrogen-bond acceptors (Lipinski definition) is 4. The van der Waals surface area contributed by atoms with Gasteiger partial charge in [-0.1, -0.05) is 19.1 Å². The molecule has 0 radical (unpaired) electrons. The van der Waals surface area contributed by atoms with Gasteiger partial charge in [0, 0.05) is 12.1 Å². The van der Waals surface area contributed by atoms with E-state index in [9.17, 15) is 9.59 Å². The minimum absolute atomic E-state index is 0.0908. The largest absolute Gasteiger partial charge is 0.489 e. The Morgan fingerprint density at radius 1 is 0.811 bits per heavy atom. The highest BCUT2D eigenvalue weighted by atomic mass is 16.5. The average Bonchev–Trinajstić information content (AvgIpc) is 2.90. The van der Waals surface area contributed by atoms with Crippen molar-refractivity contribution in [3.8, 4) is 11.5 Å². The zero-order chi connectivity index (χ0) is 27.1. The van der Waals surface area contributed by atoms with Crippen LogP contribution in [0.3, 0.4) is 0 Å². The van der Waals surface area contributed by atoms with E-state index in [0.29, 0.717) is 17.9 Å². The predicted molar refractivity (Wildman–Crippen MR) is 146 cm³/mol. The first-order valence-corrected chi connectivity index (χ1v) is 12.7. The average molecular weight is 504 g/mol. The van der Waals surface area contributed by atoms with Crippen molar-refractivity contribution in [3.63, 3.8) is 0 Å². The second-order valence-corrected chi connectivity index (χ2v) is 9.40. The molecule has 3 aromatic rings. The van der Waals surface area contributed by atoms with Crippen LogP contribution in [-0.4, -0.2) is 23.5 Å². The normalized spacial score (nSPS) is 11.6. The van der Waals surface area contributed by atoms with Gasteiger partial charge in [0.1, 0.15) is 24.2 Å². The van der Waals surface area contributed by atoms with E-state index in [2.05, 4.69) is 46.9 Å². The van der Waals surface area contributed by atoms with Crippen molar-refractivity contribution >= 4 is 11.9 Å². The Hall–Kier alpha value is -3.80. The quantitative estimate of drug-likeness (QED) is 0.310. The second-order valence-electron chi connectivity index (χ2n) is 9.40. The summed E-state index contributed by atoms with van der Waals surface area (Å²) in [6.45, 7) is 13.5. The van der Waals surface area contributed by atoms with Crippen LogP contribution in [0.2, 0.25) is 0 Å². The molecule has 196 valence electrons. The number of amides is 1. The van der Waals surface area contributed by atoms with Gasteiger partial charge in [-0.2, -0.15) is 0 Å². The van der Waals surface area contributed by atoms with E-state index in [-0.39, 0.29) is 25.0 Å². The Kier molecular flexibility index (Phi) is 9.34. The van der Waals surface area contributed by atoms with Crippen LogP contribution in [0, 0.1) is 34.6 Å². The fourth-order valence-corrected chi connectivity index (χ4v) is 4.35. The lowest BCUT2D eigenvalue weighted by Gasteiger charge is -2.20. The van der Waals surface area contributed by atoms with Gasteiger partial charge in [-0.05, 0) is 116 Å². The van der Waals surface area contributed by atoms with E-state index in [4.69, 9.17) is 14.6 Å². The lowest BCUT2D eigenvalue weighted by Crippen LogP contribution is -2.25. The summed E-state index contributed by atoms with van der Waals surface area (Å²) in [5.41, 5.74) is 9.33. The van der Waals surface area contributed by atoms with Crippen LogP contribution < -0.4 is 14.8 Å². The fourth-order valence-electron chi connectivity index (χ4n) is 4.35. The molecule has 0 aliphatic carbocycles. The van der Waals surface area contributed by atoms with Crippen LogP contribution in [0.1, 0.15) is 75.2 Å². The molecule has 0 fully saturated rings. The Balaban J connectivity index is 1.62. The molecule has 0 heterocycles. The minimum Gasteiger partial charge on any atom is -0.489 e. The summed E-state index contributed by atoms with van der Waals surface area (Å²) in [4.78, 5) is 22.7. The van der Waals surface area contributed by atoms with Gasteiger partial charge in [0.15, 0.2) is 0 Å². The summed E-state index contributed by atoms with van der Waals surface area (Å²) >= 11 is 0. The van der Waals surface area contributed by atoms with E-state index >= 15 is 0 Å². The van der Waals surface area contributed by atoms with Crippen LogP contribution in [0.4, 0.5) is 0 Å². The van der Waals surface area contributed by atoms with Crippen molar-refractivity contribution < 1.29 is 24.2 Å². The molecule has 0 saturated heterocycles.